The highest BCUT2D eigenvalue weighted by Gasteiger charge is 2.15. The van der Waals surface area contributed by atoms with Crippen LogP contribution in [0.15, 0.2) is 53.7 Å². The number of hydrogen-bond donors (Lipinski definition) is 0. The van der Waals surface area contributed by atoms with Crippen molar-refractivity contribution < 1.29 is 9.53 Å². The van der Waals surface area contributed by atoms with Crippen molar-refractivity contribution in [3.8, 4) is 5.75 Å². The predicted octanol–water partition coefficient (Wildman–Crippen LogP) is 5.41. The Hall–Kier alpha value is -1.67. The Morgan fingerprint density at radius 3 is 2.69 bits per heavy atom. The molecule has 1 aromatic heterocycles. The van der Waals surface area contributed by atoms with Crippen molar-refractivity contribution in [1.82, 2.24) is 14.8 Å². The summed E-state index contributed by atoms with van der Waals surface area (Å²) in [7, 11) is 1.90. The molecule has 1 heterocycles. The van der Waals surface area contributed by atoms with Crippen LogP contribution in [0, 0.1) is 0 Å². The molecule has 3 aromatic rings. The minimum Gasteiger partial charge on any atom is -0.493 e. The molecular weight excluding hydrogens is 449 g/mol. The third kappa shape index (κ3) is 6.40. The van der Waals surface area contributed by atoms with Gasteiger partial charge in [0.2, 0.25) is 0 Å². The van der Waals surface area contributed by atoms with Crippen molar-refractivity contribution in [3.63, 3.8) is 0 Å². The molecular formula is C20H19Cl2N3O2S2. The van der Waals surface area contributed by atoms with E-state index in [0.717, 1.165) is 23.1 Å². The van der Waals surface area contributed by atoms with Crippen molar-refractivity contribution in [2.45, 2.75) is 10.9 Å². The van der Waals surface area contributed by atoms with Crippen LogP contribution in [0.25, 0.3) is 0 Å². The van der Waals surface area contributed by atoms with Gasteiger partial charge in [0, 0.05) is 23.4 Å². The van der Waals surface area contributed by atoms with Crippen LogP contribution in [0.4, 0.5) is 0 Å². The number of aromatic nitrogens is 3. The molecule has 0 N–H and O–H groups in total. The molecule has 0 spiro atoms. The fourth-order valence-electron chi connectivity index (χ4n) is 2.42. The first kappa shape index (κ1) is 22.0. The molecule has 0 aliphatic heterocycles. The van der Waals surface area contributed by atoms with E-state index in [4.69, 9.17) is 27.9 Å². The Morgan fingerprint density at radius 1 is 1.14 bits per heavy atom. The minimum absolute atomic E-state index is 0.0753. The van der Waals surface area contributed by atoms with Crippen molar-refractivity contribution in [3.05, 3.63) is 70.0 Å². The van der Waals surface area contributed by atoms with Gasteiger partial charge in [-0.3, -0.25) is 4.79 Å². The monoisotopic (exact) mass is 467 g/mol. The summed E-state index contributed by atoms with van der Waals surface area (Å²) in [6, 6.07) is 14.6. The summed E-state index contributed by atoms with van der Waals surface area (Å²) in [4.78, 5) is 12.4. The van der Waals surface area contributed by atoms with E-state index in [-0.39, 0.29) is 11.5 Å². The van der Waals surface area contributed by atoms with Crippen LogP contribution in [0.5, 0.6) is 5.75 Å². The fraction of sp³-hybridized carbons (Fsp3) is 0.250. The third-order valence-corrected chi connectivity index (χ3v) is 6.45. The highest BCUT2D eigenvalue weighted by atomic mass is 35.5. The molecule has 0 unspecified atom stereocenters. The number of benzene rings is 2. The van der Waals surface area contributed by atoms with E-state index >= 15 is 0 Å². The fourth-order valence-corrected chi connectivity index (χ4v) is 4.53. The number of carbonyl (C=O) groups is 1. The van der Waals surface area contributed by atoms with Gasteiger partial charge >= 0.3 is 0 Å². The Balaban J connectivity index is 1.44. The summed E-state index contributed by atoms with van der Waals surface area (Å²) in [6.07, 6.45) is 0. The second-order valence-electron chi connectivity index (χ2n) is 6.01. The maximum atomic E-state index is 12.4. The number of hydrogen-bond acceptors (Lipinski definition) is 6. The maximum absolute atomic E-state index is 12.4. The number of ether oxygens (including phenoxy) is 1. The van der Waals surface area contributed by atoms with Crippen LogP contribution in [0.1, 0.15) is 16.2 Å². The van der Waals surface area contributed by atoms with Gasteiger partial charge in [0.15, 0.2) is 10.9 Å². The van der Waals surface area contributed by atoms with Crippen molar-refractivity contribution >= 4 is 52.5 Å². The van der Waals surface area contributed by atoms with E-state index in [2.05, 4.69) is 10.2 Å². The van der Waals surface area contributed by atoms with Gasteiger partial charge in [0.1, 0.15) is 11.6 Å². The van der Waals surface area contributed by atoms with Crippen molar-refractivity contribution in [2.24, 2.45) is 7.05 Å². The molecule has 0 aliphatic carbocycles. The molecule has 0 atom stereocenters. The summed E-state index contributed by atoms with van der Waals surface area (Å²) >= 11 is 15.0. The number of halogens is 2. The Labute approximate surface area is 188 Å². The zero-order valence-electron chi connectivity index (χ0n) is 15.7. The Kier molecular flexibility index (Phi) is 8.29. The maximum Gasteiger partial charge on any atom is 0.191 e. The number of para-hydroxylation sites is 1. The molecule has 9 heteroatoms. The van der Waals surface area contributed by atoms with Gasteiger partial charge in [-0.2, -0.15) is 11.8 Å². The second-order valence-corrected chi connectivity index (χ2v) is 8.90. The number of Topliss-reactive ketones (excluding diaryl/α,β-unsaturated/α-hetero) is 1. The van der Waals surface area contributed by atoms with Gasteiger partial charge in [0.05, 0.1) is 23.1 Å². The van der Waals surface area contributed by atoms with Gasteiger partial charge in [-0.15, -0.1) is 10.2 Å². The molecule has 152 valence electrons. The molecule has 0 bridgehead atoms. The van der Waals surface area contributed by atoms with Crippen LogP contribution in [0.3, 0.4) is 0 Å². The van der Waals surface area contributed by atoms with Crippen molar-refractivity contribution in [2.75, 3.05) is 18.1 Å². The van der Waals surface area contributed by atoms with E-state index in [1.807, 2.05) is 41.9 Å². The second kappa shape index (κ2) is 10.9. The number of ketones is 1. The lowest BCUT2D eigenvalue weighted by atomic mass is 10.1. The number of nitrogens with zero attached hydrogens (tertiary/aromatic N) is 3. The number of carbonyl (C=O) groups excluding carboxylic acids is 1. The molecule has 0 saturated carbocycles. The van der Waals surface area contributed by atoms with E-state index in [0.29, 0.717) is 27.4 Å². The van der Waals surface area contributed by atoms with Crippen LogP contribution >= 0.6 is 46.7 Å². The standard InChI is InChI=1S/C20H19Cl2N3O2S2/c1-25-19(13-28-10-9-27-15-5-3-2-4-6-15)23-24-20(25)29-12-18(26)16-8-7-14(21)11-17(16)22/h2-8,11H,9-10,12-13H2,1H3. The largest absolute Gasteiger partial charge is 0.493 e. The predicted molar refractivity (Wildman–Crippen MR) is 121 cm³/mol. The molecule has 29 heavy (non-hydrogen) atoms. The SMILES string of the molecule is Cn1c(CSCCOc2ccccc2)nnc1SCC(=O)c1ccc(Cl)cc1Cl. The first-order valence-electron chi connectivity index (χ1n) is 8.79. The molecule has 0 radical (unpaired) electrons. The first-order chi connectivity index (χ1) is 14.0. The molecule has 0 saturated heterocycles. The topological polar surface area (TPSA) is 57.0 Å². The van der Waals surface area contributed by atoms with Gasteiger partial charge in [-0.1, -0.05) is 53.2 Å². The zero-order valence-corrected chi connectivity index (χ0v) is 18.8. The van der Waals surface area contributed by atoms with E-state index in [1.54, 1.807) is 30.0 Å². The smallest absolute Gasteiger partial charge is 0.191 e. The summed E-state index contributed by atoms with van der Waals surface area (Å²) in [6.45, 7) is 0.629. The van der Waals surface area contributed by atoms with Gasteiger partial charge < -0.3 is 9.30 Å². The van der Waals surface area contributed by atoms with E-state index < -0.39 is 0 Å². The average molecular weight is 468 g/mol. The van der Waals surface area contributed by atoms with Gasteiger partial charge in [-0.25, -0.2) is 0 Å². The minimum atomic E-state index is -0.0753. The third-order valence-electron chi connectivity index (χ3n) is 3.96. The quantitative estimate of drug-likeness (QED) is 0.225. The molecule has 0 fully saturated rings. The highest BCUT2D eigenvalue weighted by Crippen LogP contribution is 2.24. The van der Waals surface area contributed by atoms with Crippen molar-refractivity contribution in [1.29, 1.82) is 0 Å². The zero-order chi connectivity index (χ0) is 20.6. The lowest BCUT2D eigenvalue weighted by Crippen LogP contribution is -2.05. The van der Waals surface area contributed by atoms with E-state index in [9.17, 15) is 4.79 Å². The van der Waals surface area contributed by atoms with Gasteiger partial charge in [0.25, 0.3) is 0 Å². The Morgan fingerprint density at radius 2 is 1.93 bits per heavy atom. The summed E-state index contributed by atoms with van der Waals surface area (Å²) in [5, 5.41) is 9.97. The molecule has 0 aliphatic rings. The lowest BCUT2D eigenvalue weighted by Gasteiger charge is -2.06. The Bertz CT molecular complexity index is 968. The summed E-state index contributed by atoms with van der Waals surface area (Å²) < 4.78 is 7.59. The average Bonchev–Trinajstić information content (AvgIpc) is 3.06. The molecule has 0 amide bonds. The highest BCUT2D eigenvalue weighted by molar-refractivity contribution is 7.99. The summed E-state index contributed by atoms with van der Waals surface area (Å²) in [5.74, 6) is 3.45. The van der Waals surface area contributed by atoms with Gasteiger partial charge in [-0.05, 0) is 30.3 Å². The van der Waals surface area contributed by atoms with Crippen LogP contribution in [-0.2, 0) is 12.8 Å². The normalized spacial score (nSPS) is 10.9. The van der Waals surface area contributed by atoms with Crippen LogP contribution in [0.2, 0.25) is 10.0 Å². The number of rotatable bonds is 10. The summed E-state index contributed by atoms with van der Waals surface area (Å²) in [5.41, 5.74) is 0.458. The molecule has 5 nitrogen and oxygen atoms in total. The first-order valence-corrected chi connectivity index (χ1v) is 11.7. The lowest BCUT2D eigenvalue weighted by molar-refractivity contribution is 0.102. The van der Waals surface area contributed by atoms with Crippen LogP contribution < -0.4 is 4.74 Å². The molecule has 3 rings (SSSR count). The molecule has 2 aromatic carbocycles. The number of thioether (sulfide) groups is 2. The van der Waals surface area contributed by atoms with E-state index in [1.165, 1.54) is 11.8 Å². The van der Waals surface area contributed by atoms with Crippen LogP contribution in [-0.4, -0.2) is 38.7 Å².